The van der Waals surface area contributed by atoms with Crippen molar-refractivity contribution in [2.24, 2.45) is 10.8 Å². The van der Waals surface area contributed by atoms with Crippen molar-refractivity contribution in [1.29, 1.82) is 0 Å². The molecule has 0 unspecified atom stereocenters. The van der Waals surface area contributed by atoms with Gasteiger partial charge in [-0.15, -0.1) is 5.10 Å². The summed E-state index contributed by atoms with van der Waals surface area (Å²) < 4.78 is 19.5. The summed E-state index contributed by atoms with van der Waals surface area (Å²) in [5.74, 6) is -1.96. The van der Waals surface area contributed by atoms with Crippen LogP contribution in [0.4, 0.5) is 4.39 Å². The van der Waals surface area contributed by atoms with Crippen LogP contribution in [0, 0.1) is 5.82 Å². The van der Waals surface area contributed by atoms with Crippen LogP contribution in [0.3, 0.4) is 0 Å². The maximum Gasteiger partial charge on any atom is 0.271 e. The minimum absolute atomic E-state index is 0.00476. The van der Waals surface area contributed by atoms with Gasteiger partial charge in [0.2, 0.25) is 5.55 Å². The summed E-state index contributed by atoms with van der Waals surface area (Å²) in [7, 11) is 0. The van der Waals surface area contributed by atoms with Crippen molar-refractivity contribution >= 4 is 38.7 Å². The van der Waals surface area contributed by atoms with E-state index in [1.54, 1.807) is 18.2 Å². The van der Waals surface area contributed by atoms with E-state index >= 15 is 0 Å². The monoisotopic (exact) mass is 403 g/mol. The minimum atomic E-state index is -0.760. The lowest BCUT2D eigenvalue weighted by molar-refractivity contribution is 0.0945. The van der Waals surface area contributed by atoms with Crippen LogP contribution in [0.25, 0.3) is 11.0 Å². The molecule has 2 aromatic carbocycles. The van der Waals surface area contributed by atoms with Gasteiger partial charge in [-0.05, 0) is 42.5 Å². The molecular formula is C17H11BrFN3O3. The number of nitrogens with zero attached hydrogens (tertiary/aromatic N) is 1. The Bertz CT molecular complexity index is 1060. The fourth-order valence-electron chi connectivity index (χ4n) is 2.16. The van der Waals surface area contributed by atoms with Gasteiger partial charge in [0.05, 0.1) is 0 Å². The average molecular weight is 404 g/mol. The molecule has 6 nitrogen and oxygen atoms in total. The lowest BCUT2D eigenvalue weighted by atomic mass is 10.2. The van der Waals surface area contributed by atoms with Crippen LogP contribution in [-0.2, 0) is 0 Å². The Morgan fingerprint density at radius 1 is 1.16 bits per heavy atom. The number of hydrogen-bond donors (Lipinski definition) is 2. The Morgan fingerprint density at radius 3 is 2.68 bits per heavy atom. The molecule has 25 heavy (non-hydrogen) atoms. The topological polar surface area (TPSA) is 97.7 Å². The highest BCUT2D eigenvalue weighted by Crippen LogP contribution is 2.19. The second-order valence-electron chi connectivity index (χ2n) is 5.07. The van der Waals surface area contributed by atoms with E-state index in [1.165, 1.54) is 24.3 Å². The summed E-state index contributed by atoms with van der Waals surface area (Å²) in [5, 5.41) is 4.44. The van der Waals surface area contributed by atoms with E-state index in [2.05, 4.69) is 26.5 Å². The van der Waals surface area contributed by atoms with Gasteiger partial charge in [-0.25, -0.2) is 9.82 Å². The molecule has 0 radical (unpaired) electrons. The van der Waals surface area contributed by atoms with Gasteiger partial charge in [-0.1, -0.05) is 22.0 Å². The Morgan fingerprint density at radius 2 is 1.96 bits per heavy atom. The number of nitrogens with two attached hydrogens (primary N) is 1. The van der Waals surface area contributed by atoms with E-state index < -0.39 is 17.6 Å². The van der Waals surface area contributed by atoms with E-state index in [9.17, 15) is 14.0 Å². The molecule has 0 saturated heterocycles. The average Bonchev–Trinajstić information content (AvgIpc) is 2.58. The standard InChI is InChI=1S/C17H11BrFN3O3/c18-11-4-5-14-10(6-11)8-13(15(20)23)17(25-14)22-21-16(24)9-2-1-3-12(19)7-9/h1-8H,(H2,20,23)(H,21,24)/b22-17-. The van der Waals surface area contributed by atoms with Gasteiger partial charge in [0.1, 0.15) is 17.0 Å². The summed E-state index contributed by atoms with van der Waals surface area (Å²) >= 11 is 3.33. The van der Waals surface area contributed by atoms with Crippen LogP contribution in [0.2, 0.25) is 0 Å². The number of primary amides is 1. The van der Waals surface area contributed by atoms with E-state index in [0.29, 0.717) is 11.0 Å². The van der Waals surface area contributed by atoms with Gasteiger partial charge in [0.25, 0.3) is 11.8 Å². The molecule has 0 spiro atoms. The van der Waals surface area contributed by atoms with Crippen molar-refractivity contribution < 1.29 is 18.4 Å². The molecule has 126 valence electrons. The number of carbonyl (C=O) groups is 2. The first-order valence-electron chi connectivity index (χ1n) is 7.07. The molecule has 3 rings (SSSR count). The van der Waals surface area contributed by atoms with Gasteiger partial charge >= 0.3 is 0 Å². The quantitative estimate of drug-likeness (QED) is 0.657. The smallest absolute Gasteiger partial charge is 0.271 e. The van der Waals surface area contributed by atoms with Gasteiger partial charge < -0.3 is 10.2 Å². The predicted molar refractivity (Wildman–Crippen MR) is 91.9 cm³/mol. The Hall–Kier alpha value is -3.00. The van der Waals surface area contributed by atoms with Crippen molar-refractivity contribution in [3.05, 3.63) is 75.5 Å². The molecule has 2 amide bonds. The van der Waals surface area contributed by atoms with E-state index in [-0.39, 0.29) is 16.7 Å². The first kappa shape index (κ1) is 16.8. The van der Waals surface area contributed by atoms with Crippen LogP contribution >= 0.6 is 15.9 Å². The van der Waals surface area contributed by atoms with Crippen LogP contribution in [0.1, 0.15) is 20.7 Å². The predicted octanol–water partition coefficient (Wildman–Crippen LogP) is 2.68. The third kappa shape index (κ3) is 3.74. The first-order chi connectivity index (χ1) is 11.9. The fourth-order valence-corrected chi connectivity index (χ4v) is 2.54. The van der Waals surface area contributed by atoms with E-state index in [0.717, 1.165) is 10.5 Å². The zero-order chi connectivity index (χ0) is 18.0. The number of hydrogen-bond acceptors (Lipinski definition) is 4. The number of carbonyl (C=O) groups excluding carboxylic acids is 2. The normalized spacial score (nSPS) is 11.5. The van der Waals surface area contributed by atoms with Crippen molar-refractivity contribution in [3.8, 4) is 0 Å². The molecule has 0 aliphatic rings. The maximum absolute atomic E-state index is 13.2. The van der Waals surface area contributed by atoms with Gasteiger partial charge in [-0.2, -0.15) is 0 Å². The lowest BCUT2D eigenvalue weighted by Gasteiger charge is -2.03. The maximum atomic E-state index is 13.2. The zero-order valence-corrected chi connectivity index (χ0v) is 14.2. The minimum Gasteiger partial charge on any atom is -0.436 e. The van der Waals surface area contributed by atoms with Crippen LogP contribution in [0.5, 0.6) is 0 Å². The van der Waals surface area contributed by atoms with Crippen molar-refractivity contribution in [3.63, 3.8) is 0 Å². The molecule has 0 aliphatic heterocycles. The molecular weight excluding hydrogens is 393 g/mol. The number of benzene rings is 2. The molecule has 1 heterocycles. The number of nitrogens with one attached hydrogen (secondary N) is 1. The van der Waals surface area contributed by atoms with E-state index in [4.69, 9.17) is 10.2 Å². The third-order valence-electron chi connectivity index (χ3n) is 3.32. The largest absolute Gasteiger partial charge is 0.436 e. The van der Waals surface area contributed by atoms with E-state index in [1.807, 2.05) is 0 Å². The lowest BCUT2D eigenvalue weighted by Crippen LogP contribution is -2.27. The van der Waals surface area contributed by atoms with Gasteiger partial charge in [-0.3, -0.25) is 9.59 Å². The number of amides is 2. The number of rotatable bonds is 3. The molecule has 0 atom stereocenters. The molecule has 3 aromatic rings. The van der Waals surface area contributed by atoms with Gasteiger partial charge in [0, 0.05) is 15.4 Å². The van der Waals surface area contributed by atoms with Crippen molar-refractivity contribution in [2.45, 2.75) is 0 Å². The summed E-state index contributed by atoms with van der Waals surface area (Å²) in [6.45, 7) is 0. The Kier molecular flexibility index (Phi) is 4.62. The summed E-state index contributed by atoms with van der Waals surface area (Å²) in [6, 6.07) is 11.8. The third-order valence-corrected chi connectivity index (χ3v) is 3.81. The molecule has 0 bridgehead atoms. The fraction of sp³-hybridized carbons (Fsp3) is 0. The molecule has 8 heteroatoms. The van der Waals surface area contributed by atoms with Crippen LogP contribution < -0.4 is 16.7 Å². The SMILES string of the molecule is NC(=O)c1cc2cc(Br)ccc2o/c1=N\NC(=O)c1cccc(F)c1. The summed E-state index contributed by atoms with van der Waals surface area (Å²) in [5.41, 5.74) is 7.96. The summed E-state index contributed by atoms with van der Waals surface area (Å²) in [6.07, 6.45) is 0. The van der Waals surface area contributed by atoms with Crippen LogP contribution in [-0.4, -0.2) is 11.8 Å². The Labute approximate surface area is 149 Å². The summed E-state index contributed by atoms with van der Waals surface area (Å²) in [4.78, 5) is 23.7. The number of halogens is 2. The highest BCUT2D eigenvalue weighted by molar-refractivity contribution is 9.10. The second-order valence-corrected chi connectivity index (χ2v) is 5.99. The molecule has 0 aliphatic carbocycles. The van der Waals surface area contributed by atoms with Crippen LogP contribution in [0.15, 0.2) is 62.5 Å². The zero-order valence-electron chi connectivity index (χ0n) is 12.6. The van der Waals surface area contributed by atoms with Crippen molar-refractivity contribution in [1.82, 2.24) is 5.43 Å². The number of fused-ring (bicyclic) bond motifs is 1. The second kappa shape index (κ2) is 6.86. The molecule has 3 N–H and O–H groups in total. The van der Waals surface area contributed by atoms with Gasteiger partial charge in [0.15, 0.2) is 0 Å². The molecule has 0 saturated carbocycles. The highest BCUT2D eigenvalue weighted by atomic mass is 79.9. The molecule has 0 fully saturated rings. The highest BCUT2D eigenvalue weighted by Gasteiger charge is 2.11. The van der Waals surface area contributed by atoms with Crippen molar-refractivity contribution in [2.75, 3.05) is 0 Å². The molecule has 1 aromatic heterocycles. The first-order valence-corrected chi connectivity index (χ1v) is 7.86. The Balaban J connectivity index is 2.02.